The van der Waals surface area contributed by atoms with E-state index in [-0.39, 0.29) is 24.0 Å². The third-order valence-electron chi connectivity index (χ3n) is 4.26. The molecule has 1 aromatic carbocycles. The van der Waals surface area contributed by atoms with E-state index in [9.17, 15) is 9.59 Å². The van der Waals surface area contributed by atoms with Crippen molar-refractivity contribution in [3.05, 3.63) is 59.9 Å². The average molecular weight is 369 g/mol. The Hall–Kier alpha value is -2.77. The van der Waals surface area contributed by atoms with Crippen LogP contribution < -0.4 is 10.6 Å². The minimum atomic E-state index is -0.233. The zero-order valence-electron chi connectivity index (χ0n) is 15.2. The van der Waals surface area contributed by atoms with E-state index in [1.807, 2.05) is 18.2 Å². The lowest BCUT2D eigenvalue weighted by atomic mass is 10.0. The van der Waals surface area contributed by atoms with Crippen molar-refractivity contribution in [2.45, 2.75) is 32.1 Å². The molecule has 0 aliphatic carbocycles. The molecular formula is C20H23N3O4. The molecule has 142 valence electrons. The lowest BCUT2D eigenvalue weighted by Crippen LogP contribution is -2.50. The van der Waals surface area contributed by atoms with Gasteiger partial charge in [0.1, 0.15) is 6.10 Å². The van der Waals surface area contributed by atoms with Crippen LogP contribution in [0.4, 0.5) is 5.69 Å². The molecule has 1 aromatic heterocycles. The van der Waals surface area contributed by atoms with Crippen LogP contribution in [-0.4, -0.2) is 42.2 Å². The fourth-order valence-electron chi connectivity index (χ4n) is 2.88. The Morgan fingerprint density at radius 1 is 1.22 bits per heavy atom. The molecular weight excluding hydrogens is 346 g/mol. The van der Waals surface area contributed by atoms with Crippen LogP contribution in [0.5, 0.6) is 0 Å². The Morgan fingerprint density at radius 2 is 2.04 bits per heavy atom. The van der Waals surface area contributed by atoms with E-state index in [1.165, 1.54) is 6.92 Å². The smallest absolute Gasteiger partial charge is 0.251 e. The molecule has 0 radical (unpaired) electrons. The van der Waals surface area contributed by atoms with Gasteiger partial charge in [0, 0.05) is 31.0 Å². The van der Waals surface area contributed by atoms with Crippen LogP contribution >= 0.6 is 0 Å². The molecule has 7 nitrogen and oxygen atoms in total. The van der Waals surface area contributed by atoms with E-state index >= 15 is 0 Å². The first-order valence-electron chi connectivity index (χ1n) is 8.89. The largest absolute Gasteiger partial charge is 0.379 e. The molecule has 1 aliphatic rings. The number of hydrogen-bond acceptors (Lipinski definition) is 5. The van der Waals surface area contributed by atoms with Gasteiger partial charge in [0.25, 0.3) is 5.91 Å². The van der Waals surface area contributed by atoms with Crippen LogP contribution in [0.25, 0.3) is 0 Å². The standard InChI is InChI=1S/C20H23N3O4/c1-14(24)22-16-7-5-15(6-8-16)20(25)23-18-9-11-26-13-19(18)27-12-17-4-2-3-10-21-17/h2-8,10,18-19H,9,11-13H2,1H3,(H,22,24)(H,23,25)/t18-,19-/m1/s1. The Labute approximate surface area is 158 Å². The SMILES string of the molecule is CC(=O)Nc1ccc(C(=O)N[C@@H]2CCOC[C@H]2OCc2ccccn2)cc1. The van der Waals surface area contributed by atoms with Gasteiger partial charge < -0.3 is 20.1 Å². The molecule has 2 atom stereocenters. The minimum Gasteiger partial charge on any atom is -0.379 e. The van der Waals surface area contributed by atoms with Gasteiger partial charge >= 0.3 is 0 Å². The molecule has 2 heterocycles. The van der Waals surface area contributed by atoms with Crippen molar-refractivity contribution in [3.8, 4) is 0 Å². The topological polar surface area (TPSA) is 89.6 Å². The zero-order valence-corrected chi connectivity index (χ0v) is 15.2. The number of benzene rings is 1. The van der Waals surface area contributed by atoms with Crippen molar-refractivity contribution < 1.29 is 19.1 Å². The van der Waals surface area contributed by atoms with Gasteiger partial charge in [-0.2, -0.15) is 0 Å². The first-order valence-corrected chi connectivity index (χ1v) is 8.89. The molecule has 0 bridgehead atoms. The van der Waals surface area contributed by atoms with Crippen molar-refractivity contribution in [1.82, 2.24) is 10.3 Å². The van der Waals surface area contributed by atoms with Crippen molar-refractivity contribution in [3.63, 3.8) is 0 Å². The quantitative estimate of drug-likeness (QED) is 0.814. The molecule has 2 amide bonds. The van der Waals surface area contributed by atoms with Gasteiger partial charge in [0.2, 0.25) is 5.91 Å². The molecule has 0 spiro atoms. The number of nitrogens with one attached hydrogen (secondary N) is 2. The number of ether oxygens (including phenoxy) is 2. The number of anilines is 1. The molecule has 3 rings (SSSR count). The fourth-order valence-corrected chi connectivity index (χ4v) is 2.88. The van der Waals surface area contributed by atoms with Crippen LogP contribution in [0.1, 0.15) is 29.4 Å². The summed E-state index contributed by atoms with van der Waals surface area (Å²) < 4.78 is 11.4. The lowest BCUT2D eigenvalue weighted by Gasteiger charge is -2.32. The zero-order chi connectivity index (χ0) is 19.1. The summed E-state index contributed by atoms with van der Waals surface area (Å²) in [5.41, 5.74) is 2.02. The van der Waals surface area contributed by atoms with E-state index < -0.39 is 0 Å². The molecule has 27 heavy (non-hydrogen) atoms. The number of pyridine rings is 1. The minimum absolute atomic E-state index is 0.134. The number of aromatic nitrogens is 1. The highest BCUT2D eigenvalue weighted by atomic mass is 16.5. The van der Waals surface area contributed by atoms with Gasteiger partial charge in [-0.05, 0) is 42.8 Å². The second-order valence-electron chi connectivity index (χ2n) is 6.37. The predicted octanol–water partition coefficient (Wildman–Crippen LogP) is 2.14. The normalized spacial score (nSPS) is 19.3. The van der Waals surface area contributed by atoms with Crippen molar-refractivity contribution >= 4 is 17.5 Å². The monoisotopic (exact) mass is 369 g/mol. The van der Waals surface area contributed by atoms with E-state index in [1.54, 1.807) is 30.5 Å². The van der Waals surface area contributed by atoms with Gasteiger partial charge in [0.15, 0.2) is 0 Å². The molecule has 1 aliphatic heterocycles. The van der Waals surface area contributed by atoms with E-state index in [0.29, 0.717) is 37.5 Å². The highest BCUT2D eigenvalue weighted by molar-refractivity contribution is 5.95. The van der Waals surface area contributed by atoms with Crippen LogP contribution in [0.2, 0.25) is 0 Å². The maximum atomic E-state index is 12.6. The molecule has 1 fully saturated rings. The fraction of sp³-hybridized carbons (Fsp3) is 0.350. The van der Waals surface area contributed by atoms with Crippen LogP contribution in [0, 0.1) is 0 Å². The van der Waals surface area contributed by atoms with Gasteiger partial charge in [-0.3, -0.25) is 14.6 Å². The van der Waals surface area contributed by atoms with Gasteiger partial charge in [-0.15, -0.1) is 0 Å². The third-order valence-corrected chi connectivity index (χ3v) is 4.26. The molecule has 7 heteroatoms. The average Bonchev–Trinajstić information content (AvgIpc) is 2.68. The first-order chi connectivity index (χ1) is 13.1. The van der Waals surface area contributed by atoms with Crippen molar-refractivity contribution in [2.75, 3.05) is 18.5 Å². The highest BCUT2D eigenvalue weighted by Gasteiger charge is 2.28. The Bertz CT molecular complexity index is 765. The van der Waals surface area contributed by atoms with Crippen molar-refractivity contribution in [2.24, 2.45) is 0 Å². The van der Waals surface area contributed by atoms with Gasteiger partial charge in [-0.1, -0.05) is 6.07 Å². The summed E-state index contributed by atoms with van der Waals surface area (Å²) in [5.74, 6) is -0.329. The predicted molar refractivity (Wildman–Crippen MR) is 100 cm³/mol. The highest BCUT2D eigenvalue weighted by Crippen LogP contribution is 2.15. The summed E-state index contributed by atoms with van der Waals surface area (Å²) in [6.07, 6.45) is 2.17. The molecule has 2 N–H and O–H groups in total. The Balaban J connectivity index is 1.58. The Morgan fingerprint density at radius 3 is 2.74 bits per heavy atom. The summed E-state index contributed by atoms with van der Waals surface area (Å²) >= 11 is 0. The maximum Gasteiger partial charge on any atom is 0.251 e. The lowest BCUT2D eigenvalue weighted by molar-refractivity contribution is -0.114. The number of carbonyl (C=O) groups excluding carboxylic acids is 2. The summed E-state index contributed by atoms with van der Waals surface area (Å²) in [7, 11) is 0. The van der Waals surface area contributed by atoms with Gasteiger partial charge in [0.05, 0.1) is 24.9 Å². The van der Waals surface area contributed by atoms with E-state index in [0.717, 1.165) is 5.69 Å². The summed E-state index contributed by atoms with van der Waals surface area (Å²) in [5, 5.41) is 5.71. The van der Waals surface area contributed by atoms with Crippen LogP contribution in [0.15, 0.2) is 48.7 Å². The molecule has 1 saturated heterocycles. The van der Waals surface area contributed by atoms with Crippen molar-refractivity contribution in [1.29, 1.82) is 0 Å². The summed E-state index contributed by atoms with van der Waals surface area (Å²) in [6, 6.07) is 12.3. The number of carbonyl (C=O) groups is 2. The maximum absolute atomic E-state index is 12.6. The van der Waals surface area contributed by atoms with Gasteiger partial charge in [-0.25, -0.2) is 0 Å². The molecule has 2 aromatic rings. The summed E-state index contributed by atoms with van der Waals surface area (Å²) in [4.78, 5) is 27.9. The second kappa shape index (κ2) is 9.25. The number of hydrogen-bond donors (Lipinski definition) is 2. The van der Waals surface area contributed by atoms with E-state index in [2.05, 4.69) is 15.6 Å². The molecule has 0 saturated carbocycles. The number of nitrogens with zero attached hydrogens (tertiary/aromatic N) is 1. The van der Waals surface area contributed by atoms with E-state index in [4.69, 9.17) is 9.47 Å². The number of amides is 2. The van der Waals surface area contributed by atoms with Crippen LogP contribution in [0.3, 0.4) is 0 Å². The molecule has 0 unspecified atom stereocenters. The first kappa shape index (κ1) is 19.0. The summed E-state index contributed by atoms with van der Waals surface area (Å²) in [6.45, 7) is 2.82. The number of rotatable bonds is 6. The Kier molecular flexibility index (Phi) is 6.51. The third kappa shape index (κ3) is 5.60. The second-order valence-corrected chi connectivity index (χ2v) is 6.37. The van der Waals surface area contributed by atoms with Crippen LogP contribution in [-0.2, 0) is 20.9 Å².